The van der Waals surface area contributed by atoms with Crippen molar-refractivity contribution in [2.24, 2.45) is 0 Å². The van der Waals surface area contributed by atoms with E-state index in [-0.39, 0.29) is 18.3 Å². The number of hydrogen-bond acceptors (Lipinski definition) is 4. The number of likely N-dealkylation sites (N-methyl/N-ethyl adjacent to an activating group) is 1. The predicted molar refractivity (Wildman–Crippen MR) is 67.0 cm³/mol. The fourth-order valence-corrected chi connectivity index (χ4v) is 2.36. The molecule has 2 rings (SSSR count). The van der Waals surface area contributed by atoms with Gasteiger partial charge in [-0.3, -0.25) is 14.5 Å². The number of morpholine rings is 1. The Bertz CT molecular complexity index is 350. The van der Waals surface area contributed by atoms with Crippen molar-refractivity contribution in [2.45, 2.75) is 57.7 Å². The van der Waals surface area contributed by atoms with E-state index in [1.165, 1.54) is 0 Å². The third kappa shape index (κ3) is 3.22. The lowest BCUT2D eigenvalue weighted by atomic mass is 10.0. The molecular formula is C13H22N2O3. The number of cyclic esters (lactones) is 1. The minimum atomic E-state index is -0.462. The van der Waals surface area contributed by atoms with Crippen molar-refractivity contribution in [3.05, 3.63) is 0 Å². The monoisotopic (exact) mass is 254 g/mol. The molecule has 1 aliphatic carbocycles. The van der Waals surface area contributed by atoms with Crippen molar-refractivity contribution in [1.29, 1.82) is 0 Å². The number of nitrogens with zero attached hydrogens (tertiary/aromatic N) is 1. The lowest BCUT2D eigenvalue weighted by Gasteiger charge is -2.41. The maximum Gasteiger partial charge on any atom is 0.324 e. The van der Waals surface area contributed by atoms with Crippen LogP contribution in [0.25, 0.3) is 0 Å². The highest BCUT2D eigenvalue weighted by atomic mass is 16.6. The van der Waals surface area contributed by atoms with Gasteiger partial charge in [0.05, 0.1) is 6.42 Å². The lowest BCUT2D eigenvalue weighted by Crippen LogP contribution is -2.57. The summed E-state index contributed by atoms with van der Waals surface area (Å²) in [6.07, 6.45) is 2.33. The topological polar surface area (TPSA) is 58.6 Å². The predicted octanol–water partition coefficient (Wildman–Crippen LogP) is 0.681. The number of carbonyl (C=O) groups excluding carboxylic acids is 2. The van der Waals surface area contributed by atoms with E-state index < -0.39 is 11.6 Å². The molecule has 0 aromatic carbocycles. The van der Waals surface area contributed by atoms with E-state index in [9.17, 15) is 9.59 Å². The fraction of sp³-hybridized carbons (Fsp3) is 0.846. The Morgan fingerprint density at radius 1 is 1.50 bits per heavy atom. The summed E-state index contributed by atoms with van der Waals surface area (Å²) in [7, 11) is 0. The molecule has 0 spiro atoms. The Morgan fingerprint density at radius 3 is 2.72 bits per heavy atom. The van der Waals surface area contributed by atoms with Crippen LogP contribution < -0.4 is 5.32 Å². The van der Waals surface area contributed by atoms with Gasteiger partial charge in [0.15, 0.2) is 0 Å². The summed E-state index contributed by atoms with van der Waals surface area (Å²) in [6, 6.07) is -0.0922. The average Bonchev–Trinajstić information content (AvgIpc) is 3.04. The summed E-state index contributed by atoms with van der Waals surface area (Å²) in [4.78, 5) is 25.8. The second-order valence-corrected chi connectivity index (χ2v) is 5.81. The minimum absolute atomic E-state index is 0.0439. The summed E-state index contributed by atoms with van der Waals surface area (Å²) in [5.74, 6) is -0.323. The van der Waals surface area contributed by atoms with Crippen LogP contribution >= 0.6 is 0 Å². The van der Waals surface area contributed by atoms with Crippen molar-refractivity contribution in [3.8, 4) is 0 Å². The van der Waals surface area contributed by atoms with Gasteiger partial charge in [-0.1, -0.05) is 6.92 Å². The quantitative estimate of drug-likeness (QED) is 0.750. The minimum Gasteiger partial charge on any atom is -0.457 e. The molecule has 0 aromatic heterocycles. The number of amides is 1. The third-order valence-electron chi connectivity index (χ3n) is 3.40. The Hall–Kier alpha value is -1.10. The standard InChI is InChI=1S/C13H22N2O3/c1-4-15-8-13(2,3)18-12(17)10(15)7-11(16)14-9-5-6-9/h9-10H,4-8H2,1-3H3,(H,14,16). The van der Waals surface area contributed by atoms with Gasteiger partial charge < -0.3 is 10.1 Å². The normalized spacial score (nSPS) is 27.7. The van der Waals surface area contributed by atoms with Gasteiger partial charge in [0, 0.05) is 12.6 Å². The van der Waals surface area contributed by atoms with E-state index in [0.717, 1.165) is 19.4 Å². The Labute approximate surface area is 108 Å². The molecule has 2 fully saturated rings. The molecule has 0 radical (unpaired) electrons. The molecule has 1 atom stereocenters. The second kappa shape index (κ2) is 4.88. The second-order valence-electron chi connectivity index (χ2n) is 5.81. The van der Waals surface area contributed by atoms with Gasteiger partial charge in [-0.2, -0.15) is 0 Å². The molecule has 2 aliphatic rings. The average molecular weight is 254 g/mol. The van der Waals surface area contributed by atoms with Crippen LogP contribution in [-0.2, 0) is 14.3 Å². The van der Waals surface area contributed by atoms with Gasteiger partial charge in [-0.25, -0.2) is 0 Å². The number of hydrogen-bond donors (Lipinski definition) is 1. The van der Waals surface area contributed by atoms with Crippen LogP contribution in [0.1, 0.15) is 40.0 Å². The molecule has 1 unspecified atom stereocenters. The van der Waals surface area contributed by atoms with Gasteiger partial charge in [0.25, 0.3) is 0 Å². The molecule has 1 saturated carbocycles. The number of esters is 1. The van der Waals surface area contributed by atoms with E-state index in [0.29, 0.717) is 12.6 Å². The number of rotatable bonds is 4. The summed E-state index contributed by atoms with van der Waals surface area (Å²) in [5, 5.41) is 2.91. The van der Waals surface area contributed by atoms with E-state index in [1.807, 2.05) is 25.7 Å². The highest BCUT2D eigenvalue weighted by molar-refractivity contribution is 5.86. The highest BCUT2D eigenvalue weighted by Gasteiger charge is 2.41. The molecule has 1 N–H and O–H groups in total. The number of ether oxygens (including phenoxy) is 1. The number of nitrogens with one attached hydrogen (secondary N) is 1. The molecule has 18 heavy (non-hydrogen) atoms. The van der Waals surface area contributed by atoms with E-state index in [1.54, 1.807) is 0 Å². The van der Waals surface area contributed by atoms with Gasteiger partial charge in [0.1, 0.15) is 11.6 Å². The molecule has 1 heterocycles. The molecular weight excluding hydrogens is 232 g/mol. The largest absolute Gasteiger partial charge is 0.457 e. The van der Waals surface area contributed by atoms with Crippen LogP contribution in [0.15, 0.2) is 0 Å². The zero-order chi connectivity index (χ0) is 13.3. The van der Waals surface area contributed by atoms with Crippen molar-refractivity contribution >= 4 is 11.9 Å². The summed E-state index contributed by atoms with van der Waals surface area (Å²) < 4.78 is 5.38. The number of carbonyl (C=O) groups is 2. The van der Waals surface area contributed by atoms with Crippen molar-refractivity contribution in [3.63, 3.8) is 0 Å². The first-order valence-corrected chi connectivity index (χ1v) is 6.67. The Morgan fingerprint density at radius 2 is 2.17 bits per heavy atom. The highest BCUT2D eigenvalue weighted by Crippen LogP contribution is 2.24. The van der Waals surface area contributed by atoms with Crippen molar-refractivity contribution in [1.82, 2.24) is 10.2 Å². The first-order valence-electron chi connectivity index (χ1n) is 6.67. The zero-order valence-electron chi connectivity index (χ0n) is 11.4. The van der Waals surface area contributed by atoms with Crippen molar-refractivity contribution < 1.29 is 14.3 Å². The summed E-state index contributed by atoms with van der Waals surface area (Å²) in [5.41, 5.74) is -0.462. The Kier molecular flexibility index (Phi) is 3.61. The summed E-state index contributed by atoms with van der Waals surface area (Å²) >= 11 is 0. The van der Waals surface area contributed by atoms with E-state index in [4.69, 9.17) is 4.74 Å². The Balaban J connectivity index is 1.96. The smallest absolute Gasteiger partial charge is 0.324 e. The van der Waals surface area contributed by atoms with Crippen LogP contribution in [-0.4, -0.2) is 47.6 Å². The van der Waals surface area contributed by atoms with Gasteiger partial charge >= 0.3 is 5.97 Å². The third-order valence-corrected chi connectivity index (χ3v) is 3.40. The van der Waals surface area contributed by atoms with Crippen LogP contribution in [0.3, 0.4) is 0 Å². The SMILES string of the molecule is CCN1CC(C)(C)OC(=O)C1CC(=O)NC1CC1. The molecule has 0 bridgehead atoms. The zero-order valence-corrected chi connectivity index (χ0v) is 11.4. The molecule has 5 nitrogen and oxygen atoms in total. The molecule has 1 amide bonds. The first-order chi connectivity index (χ1) is 8.41. The molecule has 5 heteroatoms. The maximum absolute atomic E-state index is 12.0. The molecule has 1 aliphatic heterocycles. The van der Waals surface area contributed by atoms with E-state index in [2.05, 4.69) is 5.32 Å². The molecule has 1 saturated heterocycles. The van der Waals surface area contributed by atoms with Gasteiger partial charge in [-0.05, 0) is 33.2 Å². The van der Waals surface area contributed by atoms with Gasteiger partial charge in [0.2, 0.25) is 5.91 Å². The van der Waals surface area contributed by atoms with Gasteiger partial charge in [-0.15, -0.1) is 0 Å². The first kappa shape index (κ1) is 13.3. The lowest BCUT2D eigenvalue weighted by molar-refractivity contribution is -0.178. The van der Waals surface area contributed by atoms with Crippen LogP contribution in [0, 0.1) is 0 Å². The van der Waals surface area contributed by atoms with Crippen LogP contribution in [0.4, 0.5) is 0 Å². The van der Waals surface area contributed by atoms with E-state index >= 15 is 0 Å². The fourth-order valence-electron chi connectivity index (χ4n) is 2.36. The maximum atomic E-state index is 12.0. The van der Waals surface area contributed by atoms with Crippen LogP contribution in [0.5, 0.6) is 0 Å². The van der Waals surface area contributed by atoms with Crippen molar-refractivity contribution in [2.75, 3.05) is 13.1 Å². The molecule has 0 aromatic rings. The molecule has 102 valence electrons. The van der Waals surface area contributed by atoms with Crippen LogP contribution in [0.2, 0.25) is 0 Å². The summed E-state index contributed by atoms with van der Waals surface area (Å²) in [6.45, 7) is 7.22.